The molecular weight excluding hydrogens is 562 g/mol. The van der Waals surface area contributed by atoms with Crippen molar-refractivity contribution in [1.29, 1.82) is 0 Å². The standard InChI is InChI=1S/C32H43N7O3S/c1-22(2)43(40,41)29-10-6-5-9-27(29)34-31-25-13-16-33-30(25)36-32(37-31)35-26-12-11-24(21-28(26)42-3)39-19-14-23(15-20-39)38-17-7-4-8-18-38/h5-6,9-12,21-23H,4,7-8,13-20H2,1-3H3,(H3,33,34,35,36,37). The number of anilines is 6. The van der Waals surface area contributed by atoms with Crippen LogP contribution < -0.4 is 25.6 Å². The van der Waals surface area contributed by atoms with Crippen molar-refractivity contribution in [3.63, 3.8) is 0 Å². The molecule has 3 aliphatic heterocycles. The molecule has 0 saturated carbocycles. The number of benzene rings is 2. The Morgan fingerprint density at radius 2 is 1.72 bits per heavy atom. The lowest BCUT2D eigenvalue weighted by Gasteiger charge is -2.41. The van der Waals surface area contributed by atoms with Gasteiger partial charge in [-0.3, -0.25) is 0 Å². The van der Waals surface area contributed by atoms with Gasteiger partial charge >= 0.3 is 0 Å². The van der Waals surface area contributed by atoms with Crippen LogP contribution in [0.2, 0.25) is 0 Å². The van der Waals surface area contributed by atoms with Gasteiger partial charge in [-0.1, -0.05) is 18.6 Å². The van der Waals surface area contributed by atoms with E-state index in [9.17, 15) is 8.42 Å². The van der Waals surface area contributed by atoms with Gasteiger partial charge in [0.25, 0.3) is 0 Å². The van der Waals surface area contributed by atoms with E-state index in [2.05, 4.69) is 37.9 Å². The molecule has 0 atom stereocenters. The van der Waals surface area contributed by atoms with Gasteiger partial charge in [-0.25, -0.2) is 8.42 Å². The number of nitrogens with zero attached hydrogens (tertiary/aromatic N) is 4. The first-order valence-corrected chi connectivity index (χ1v) is 17.1. The van der Waals surface area contributed by atoms with Crippen LogP contribution in [0.1, 0.15) is 51.5 Å². The van der Waals surface area contributed by atoms with Crippen LogP contribution >= 0.6 is 0 Å². The molecule has 3 aliphatic rings. The molecule has 0 bridgehead atoms. The molecule has 6 rings (SSSR count). The maximum Gasteiger partial charge on any atom is 0.231 e. The van der Waals surface area contributed by atoms with Crippen LogP contribution in [0, 0.1) is 0 Å². The first-order valence-electron chi connectivity index (χ1n) is 15.5. The van der Waals surface area contributed by atoms with Crippen molar-refractivity contribution < 1.29 is 13.2 Å². The Hall–Kier alpha value is -3.57. The van der Waals surface area contributed by atoms with Gasteiger partial charge in [-0.15, -0.1) is 0 Å². The fraction of sp³-hybridized carbons (Fsp3) is 0.500. The number of hydrogen-bond donors (Lipinski definition) is 3. The molecule has 1 aromatic heterocycles. The number of ether oxygens (including phenoxy) is 1. The van der Waals surface area contributed by atoms with E-state index in [0.717, 1.165) is 54.6 Å². The van der Waals surface area contributed by atoms with Gasteiger partial charge in [-0.05, 0) is 83.3 Å². The van der Waals surface area contributed by atoms with Crippen molar-refractivity contribution in [3.8, 4) is 5.75 Å². The Balaban J connectivity index is 1.21. The zero-order chi connectivity index (χ0) is 30.0. The number of piperidine rings is 2. The average Bonchev–Trinajstić information content (AvgIpc) is 3.51. The number of likely N-dealkylation sites (tertiary alicyclic amines) is 1. The molecule has 0 spiro atoms. The molecule has 43 heavy (non-hydrogen) atoms. The summed E-state index contributed by atoms with van der Waals surface area (Å²) in [4.78, 5) is 14.9. The highest BCUT2D eigenvalue weighted by Gasteiger charge is 2.27. The van der Waals surface area contributed by atoms with E-state index < -0.39 is 15.1 Å². The van der Waals surface area contributed by atoms with Crippen molar-refractivity contribution in [3.05, 3.63) is 48.0 Å². The number of sulfone groups is 1. The van der Waals surface area contributed by atoms with Crippen molar-refractivity contribution in [2.45, 2.75) is 68.6 Å². The van der Waals surface area contributed by atoms with Gasteiger partial charge in [0.05, 0.1) is 28.6 Å². The second-order valence-corrected chi connectivity index (χ2v) is 14.4. The van der Waals surface area contributed by atoms with Crippen LogP contribution in [-0.2, 0) is 16.3 Å². The highest BCUT2D eigenvalue weighted by molar-refractivity contribution is 7.92. The summed E-state index contributed by atoms with van der Waals surface area (Å²) < 4.78 is 31.9. The van der Waals surface area contributed by atoms with Crippen LogP contribution in [0.4, 0.5) is 34.6 Å². The lowest BCUT2D eigenvalue weighted by Crippen LogP contribution is -2.46. The maximum absolute atomic E-state index is 13.1. The SMILES string of the molecule is COc1cc(N2CCC(N3CCCCC3)CC2)ccc1Nc1nc2c(c(Nc3ccccc3S(=O)(=O)C(C)C)n1)CCN2. The summed E-state index contributed by atoms with van der Waals surface area (Å²) in [5.41, 5.74) is 3.35. The van der Waals surface area contributed by atoms with Gasteiger partial charge in [0.15, 0.2) is 9.84 Å². The number of rotatable bonds is 9. The molecule has 10 nitrogen and oxygen atoms in total. The molecule has 3 aromatic rings. The zero-order valence-corrected chi connectivity index (χ0v) is 26.2. The maximum atomic E-state index is 13.1. The second-order valence-electron chi connectivity index (χ2n) is 11.9. The van der Waals surface area contributed by atoms with E-state index in [1.165, 1.54) is 45.2 Å². The summed E-state index contributed by atoms with van der Waals surface area (Å²) in [5, 5.41) is 9.46. The van der Waals surface area contributed by atoms with Gasteiger partial charge in [0.2, 0.25) is 5.95 Å². The number of fused-ring (bicyclic) bond motifs is 1. The number of para-hydroxylation sites is 1. The van der Waals surface area contributed by atoms with E-state index in [1.54, 1.807) is 39.2 Å². The highest BCUT2D eigenvalue weighted by Crippen LogP contribution is 2.36. The molecule has 11 heteroatoms. The van der Waals surface area contributed by atoms with Crippen LogP contribution in [0.15, 0.2) is 47.4 Å². The Morgan fingerprint density at radius 3 is 2.47 bits per heavy atom. The second kappa shape index (κ2) is 12.6. The summed E-state index contributed by atoms with van der Waals surface area (Å²) in [6.07, 6.45) is 7.16. The normalized spacial score (nSPS) is 17.9. The number of nitrogens with one attached hydrogen (secondary N) is 3. The van der Waals surface area contributed by atoms with Crippen LogP contribution in [-0.4, -0.2) is 74.4 Å². The van der Waals surface area contributed by atoms with E-state index >= 15 is 0 Å². The quantitative estimate of drug-likeness (QED) is 0.286. The fourth-order valence-corrected chi connectivity index (χ4v) is 7.61. The molecule has 0 unspecified atom stereocenters. The van der Waals surface area contributed by atoms with E-state index in [0.29, 0.717) is 23.5 Å². The Labute approximate surface area is 255 Å². The minimum atomic E-state index is -3.49. The summed E-state index contributed by atoms with van der Waals surface area (Å²) in [7, 11) is -1.81. The lowest BCUT2D eigenvalue weighted by atomic mass is 9.99. The number of methoxy groups -OCH3 is 1. The fourth-order valence-electron chi connectivity index (χ4n) is 6.40. The zero-order valence-electron chi connectivity index (χ0n) is 25.4. The first-order chi connectivity index (χ1) is 20.8. The summed E-state index contributed by atoms with van der Waals surface area (Å²) >= 11 is 0. The monoisotopic (exact) mass is 605 g/mol. The van der Waals surface area contributed by atoms with Gasteiger partial charge in [-0.2, -0.15) is 9.97 Å². The molecule has 0 radical (unpaired) electrons. The topological polar surface area (TPSA) is 112 Å². The first kappa shape index (κ1) is 29.5. The van der Waals surface area contributed by atoms with E-state index in [1.807, 2.05) is 12.1 Å². The minimum Gasteiger partial charge on any atom is -0.494 e. The molecule has 2 fully saturated rings. The van der Waals surface area contributed by atoms with Crippen molar-refractivity contribution in [2.75, 3.05) is 60.7 Å². The van der Waals surface area contributed by atoms with E-state index in [-0.39, 0.29) is 4.90 Å². The summed E-state index contributed by atoms with van der Waals surface area (Å²) in [6, 6.07) is 13.9. The molecule has 2 saturated heterocycles. The molecule has 4 heterocycles. The van der Waals surface area contributed by atoms with Crippen molar-refractivity contribution in [1.82, 2.24) is 14.9 Å². The molecular formula is C32H43N7O3S. The van der Waals surface area contributed by atoms with Gasteiger partial charge < -0.3 is 30.5 Å². The summed E-state index contributed by atoms with van der Waals surface area (Å²) in [6.45, 7) is 8.70. The average molecular weight is 606 g/mol. The van der Waals surface area contributed by atoms with Crippen molar-refractivity contribution in [2.24, 2.45) is 0 Å². The van der Waals surface area contributed by atoms with Gasteiger partial charge in [0, 0.05) is 43.0 Å². The third kappa shape index (κ3) is 6.24. The Morgan fingerprint density at radius 1 is 0.953 bits per heavy atom. The highest BCUT2D eigenvalue weighted by atomic mass is 32.2. The Bertz CT molecular complexity index is 1550. The molecule has 3 N–H and O–H groups in total. The minimum absolute atomic E-state index is 0.259. The third-order valence-corrected chi connectivity index (χ3v) is 11.1. The molecule has 0 aliphatic carbocycles. The molecule has 0 amide bonds. The predicted molar refractivity (Wildman–Crippen MR) is 173 cm³/mol. The molecule has 2 aromatic carbocycles. The number of hydrogen-bond acceptors (Lipinski definition) is 10. The molecule has 230 valence electrons. The smallest absolute Gasteiger partial charge is 0.231 e. The van der Waals surface area contributed by atoms with Crippen LogP contribution in [0.25, 0.3) is 0 Å². The van der Waals surface area contributed by atoms with E-state index in [4.69, 9.17) is 14.7 Å². The predicted octanol–water partition coefficient (Wildman–Crippen LogP) is 5.58. The Kier molecular flexibility index (Phi) is 8.63. The third-order valence-electron chi connectivity index (χ3n) is 8.91. The lowest BCUT2D eigenvalue weighted by molar-refractivity contribution is 0.141. The largest absolute Gasteiger partial charge is 0.494 e. The summed E-state index contributed by atoms with van der Waals surface area (Å²) in [5.74, 6) is 2.43. The van der Waals surface area contributed by atoms with Gasteiger partial charge in [0.1, 0.15) is 17.4 Å². The van der Waals surface area contributed by atoms with Crippen LogP contribution in [0.5, 0.6) is 5.75 Å². The van der Waals surface area contributed by atoms with Crippen molar-refractivity contribution >= 4 is 44.5 Å². The van der Waals surface area contributed by atoms with Crippen LogP contribution in [0.3, 0.4) is 0 Å². The number of aromatic nitrogens is 2.